The van der Waals surface area contributed by atoms with Gasteiger partial charge in [0.1, 0.15) is 0 Å². The maximum atomic E-state index is 11.7. The van der Waals surface area contributed by atoms with Crippen molar-refractivity contribution in [2.45, 2.75) is 13.3 Å². The monoisotopic (exact) mass is 235 g/mol. The molecule has 1 amide bonds. The highest BCUT2D eigenvalue weighted by Gasteiger charge is 2.15. The highest BCUT2D eigenvalue weighted by Crippen LogP contribution is 2.09. The van der Waals surface area contributed by atoms with Crippen molar-refractivity contribution in [3.63, 3.8) is 0 Å². The fourth-order valence-corrected chi connectivity index (χ4v) is 1.09. The summed E-state index contributed by atoms with van der Waals surface area (Å²) in [5.74, 6) is -1.49. The van der Waals surface area contributed by atoms with Crippen molar-refractivity contribution in [1.82, 2.24) is 4.90 Å². The molecular weight excluding hydrogens is 218 g/mol. The zero-order chi connectivity index (χ0) is 13.4. The predicted octanol–water partition coefficient (Wildman–Crippen LogP) is 2.12. The van der Waals surface area contributed by atoms with Crippen LogP contribution in [0.15, 0.2) is 48.7 Å². The van der Waals surface area contributed by atoms with E-state index < -0.39 is 5.97 Å². The summed E-state index contributed by atoms with van der Waals surface area (Å²) in [6.45, 7) is 8.70. The van der Waals surface area contributed by atoms with Gasteiger partial charge < -0.3 is 10.0 Å². The highest BCUT2D eigenvalue weighted by atomic mass is 16.4. The summed E-state index contributed by atoms with van der Waals surface area (Å²) < 4.78 is 0. The Morgan fingerprint density at radius 3 is 2.41 bits per heavy atom. The quantitative estimate of drug-likeness (QED) is 0.566. The zero-order valence-corrected chi connectivity index (χ0v) is 10.1. The fourth-order valence-electron chi connectivity index (χ4n) is 1.09. The Morgan fingerprint density at radius 2 is 2.00 bits per heavy atom. The molecule has 0 spiro atoms. The molecule has 1 N–H and O–H groups in total. The fraction of sp³-hybridized carbons (Fsp3) is 0.231. The number of hydrogen-bond acceptors (Lipinski definition) is 2. The van der Waals surface area contributed by atoms with Crippen LogP contribution in [0.2, 0.25) is 0 Å². The van der Waals surface area contributed by atoms with Crippen molar-refractivity contribution < 1.29 is 14.7 Å². The molecule has 0 atom stereocenters. The minimum Gasteiger partial charge on any atom is -0.478 e. The number of aliphatic carboxylic acids is 1. The second-order valence-corrected chi connectivity index (χ2v) is 3.37. The van der Waals surface area contributed by atoms with Gasteiger partial charge >= 0.3 is 5.97 Å². The van der Waals surface area contributed by atoms with E-state index in [4.69, 9.17) is 5.11 Å². The van der Waals surface area contributed by atoms with Gasteiger partial charge in [-0.3, -0.25) is 4.79 Å². The summed E-state index contributed by atoms with van der Waals surface area (Å²) in [7, 11) is 1.58. The van der Waals surface area contributed by atoms with E-state index in [0.29, 0.717) is 5.70 Å². The van der Waals surface area contributed by atoms with E-state index in [2.05, 4.69) is 13.2 Å². The van der Waals surface area contributed by atoms with Crippen LogP contribution in [-0.4, -0.2) is 28.9 Å². The molecule has 0 saturated carbocycles. The number of nitrogens with zero attached hydrogens (tertiary/aromatic N) is 1. The summed E-state index contributed by atoms with van der Waals surface area (Å²) in [5, 5.41) is 8.64. The van der Waals surface area contributed by atoms with E-state index in [0.717, 1.165) is 0 Å². The first kappa shape index (κ1) is 14.9. The average molecular weight is 235 g/mol. The Kier molecular flexibility index (Phi) is 6.33. The lowest BCUT2D eigenvalue weighted by molar-refractivity contribution is -0.135. The summed E-state index contributed by atoms with van der Waals surface area (Å²) >= 11 is 0. The maximum absolute atomic E-state index is 11.7. The van der Waals surface area contributed by atoms with Gasteiger partial charge in [-0.1, -0.05) is 25.3 Å². The Hall–Kier alpha value is -2.10. The van der Waals surface area contributed by atoms with Gasteiger partial charge in [-0.25, -0.2) is 4.79 Å². The van der Waals surface area contributed by atoms with Gasteiger partial charge in [0.25, 0.3) is 0 Å². The standard InChI is InChI=1S/C13H17NO3/c1-5-7-11(8-6-2)14(4)12(15)9-10(3)13(16)17/h5-8H,1,3,9H2,2,4H3,(H,16,17)/b8-6-,11-7+. The van der Waals surface area contributed by atoms with E-state index >= 15 is 0 Å². The number of rotatable bonds is 6. The zero-order valence-electron chi connectivity index (χ0n) is 10.1. The average Bonchev–Trinajstić information content (AvgIpc) is 2.27. The second kappa shape index (κ2) is 7.22. The van der Waals surface area contributed by atoms with Crippen molar-refractivity contribution in [2.24, 2.45) is 0 Å². The molecule has 4 nitrogen and oxygen atoms in total. The van der Waals surface area contributed by atoms with Crippen LogP contribution in [0.4, 0.5) is 0 Å². The molecule has 0 fully saturated rings. The van der Waals surface area contributed by atoms with Crippen LogP contribution in [0.25, 0.3) is 0 Å². The SMILES string of the molecule is C=C/C=C(\C=C/C)N(C)C(=O)CC(=C)C(=O)O. The van der Waals surface area contributed by atoms with Crippen LogP contribution < -0.4 is 0 Å². The molecule has 0 saturated heterocycles. The van der Waals surface area contributed by atoms with Crippen molar-refractivity contribution in [3.8, 4) is 0 Å². The molecule has 0 unspecified atom stereocenters. The van der Waals surface area contributed by atoms with Gasteiger partial charge in [0, 0.05) is 18.3 Å². The minimum atomic E-state index is -1.16. The number of likely N-dealkylation sites (N-methyl/N-ethyl adjacent to an activating group) is 1. The van der Waals surface area contributed by atoms with Crippen LogP contribution in [0.5, 0.6) is 0 Å². The number of amides is 1. The van der Waals surface area contributed by atoms with Crippen molar-refractivity contribution in [1.29, 1.82) is 0 Å². The van der Waals surface area contributed by atoms with Crippen molar-refractivity contribution in [3.05, 3.63) is 48.7 Å². The Balaban J connectivity index is 4.79. The third-order valence-corrected chi connectivity index (χ3v) is 2.05. The number of carboxylic acid groups (broad SMARTS) is 1. The molecule has 4 heteroatoms. The van der Waals surface area contributed by atoms with Crippen LogP contribution in [-0.2, 0) is 9.59 Å². The minimum absolute atomic E-state index is 0.125. The number of hydrogen-bond donors (Lipinski definition) is 1. The first-order valence-corrected chi connectivity index (χ1v) is 5.07. The van der Waals surface area contributed by atoms with E-state index in [9.17, 15) is 9.59 Å². The largest absolute Gasteiger partial charge is 0.478 e. The Morgan fingerprint density at radius 1 is 1.41 bits per heavy atom. The molecule has 0 aliphatic rings. The van der Waals surface area contributed by atoms with E-state index in [1.54, 1.807) is 31.4 Å². The van der Waals surface area contributed by atoms with Gasteiger partial charge in [0.05, 0.1) is 6.42 Å². The van der Waals surface area contributed by atoms with E-state index in [1.165, 1.54) is 4.90 Å². The molecular formula is C13H17NO3. The highest BCUT2D eigenvalue weighted by molar-refractivity contribution is 5.93. The number of carbonyl (C=O) groups excluding carboxylic acids is 1. The first-order valence-electron chi connectivity index (χ1n) is 5.07. The van der Waals surface area contributed by atoms with Gasteiger partial charge in [0.2, 0.25) is 5.91 Å². The van der Waals surface area contributed by atoms with Crippen molar-refractivity contribution in [2.75, 3.05) is 7.05 Å². The summed E-state index contributed by atoms with van der Waals surface area (Å²) in [6, 6.07) is 0. The molecule has 92 valence electrons. The van der Waals surface area contributed by atoms with Gasteiger partial charge in [0.15, 0.2) is 0 Å². The summed E-state index contributed by atoms with van der Waals surface area (Å²) in [6.07, 6.45) is 6.54. The topological polar surface area (TPSA) is 57.6 Å². The van der Waals surface area contributed by atoms with Crippen LogP contribution in [0.1, 0.15) is 13.3 Å². The molecule has 0 aromatic heterocycles. The lowest BCUT2D eigenvalue weighted by atomic mass is 10.2. The van der Waals surface area contributed by atoms with Crippen molar-refractivity contribution >= 4 is 11.9 Å². The number of carboxylic acids is 1. The van der Waals surface area contributed by atoms with Gasteiger partial charge in [-0.2, -0.15) is 0 Å². The predicted molar refractivity (Wildman–Crippen MR) is 67.3 cm³/mol. The van der Waals surface area contributed by atoms with Crippen LogP contribution in [0, 0.1) is 0 Å². The molecule has 0 aromatic rings. The Labute approximate surface area is 101 Å². The van der Waals surface area contributed by atoms with Gasteiger partial charge in [-0.05, 0) is 19.1 Å². The normalized spacial score (nSPS) is 11.3. The number of carbonyl (C=O) groups is 2. The molecule has 0 bridgehead atoms. The van der Waals surface area contributed by atoms with E-state index in [-0.39, 0.29) is 17.9 Å². The smallest absolute Gasteiger partial charge is 0.331 e. The van der Waals surface area contributed by atoms with Crippen LogP contribution in [0.3, 0.4) is 0 Å². The third-order valence-electron chi connectivity index (χ3n) is 2.05. The third kappa shape index (κ3) is 4.97. The Bertz CT molecular complexity index is 391. The summed E-state index contributed by atoms with van der Waals surface area (Å²) in [5.41, 5.74) is 0.519. The maximum Gasteiger partial charge on any atom is 0.331 e. The first-order chi connectivity index (χ1) is 7.93. The summed E-state index contributed by atoms with van der Waals surface area (Å²) in [4.78, 5) is 23.7. The number of allylic oxidation sites excluding steroid dienone is 4. The second-order valence-electron chi connectivity index (χ2n) is 3.37. The lowest BCUT2D eigenvalue weighted by Gasteiger charge is -2.18. The molecule has 17 heavy (non-hydrogen) atoms. The molecule has 0 aliphatic carbocycles. The lowest BCUT2D eigenvalue weighted by Crippen LogP contribution is -2.26. The van der Waals surface area contributed by atoms with Gasteiger partial charge in [-0.15, -0.1) is 0 Å². The van der Waals surface area contributed by atoms with E-state index in [1.807, 2.05) is 6.92 Å². The molecule has 0 heterocycles. The van der Waals surface area contributed by atoms with Crippen LogP contribution >= 0.6 is 0 Å². The molecule has 0 aromatic carbocycles. The molecule has 0 rings (SSSR count). The molecule has 0 aliphatic heterocycles. The molecule has 0 radical (unpaired) electrons.